The van der Waals surface area contributed by atoms with Gasteiger partial charge in [0.05, 0.1) is 0 Å². The van der Waals surface area contributed by atoms with E-state index in [0.717, 1.165) is 34.8 Å². The van der Waals surface area contributed by atoms with Crippen LogP contribution in [0.25, 0.3) is 11.1 Å². The van der Waals surface area contributed by atoms with E-state index in [0.29, 0.717) is 0 Å². The number of amides is 1. The topological polar surface area (TPSA) is 20.3 Å². The first-order chi connectivity index (χ1) is 9.16. The van der Waals surface area contributed by atoms with E-state index >= 15 is 0 Å². The molecule has 0 saturated carbocycles. The first kappa shape index (κ1) is 12.2. The maximum atomic E-state index is 11.5. The number of nitrogens with zero attached hydrogens (tertiary/aromatic N) is 1. The van der Waals surface area contributed by atoms with Crippen molar-refractivity contribution < 1.29 is 4.79 Å². The minimum atomic E-state index is 0.101. The number of rotatable bonds is 1. The highest BCUT2D eigenvalue weighted by Gasteiger charge is 2.22. The van der Waals surface area contributed by atoms with E-state index in [1.54, 1.807) is 6.92 Å². The van der Waals surface area contributed by atoms with Crippen molar-refractivity contribution in [1.82, 2.24) is 0 Å². The largest absolute Gasteiger partial charge is 0.312 e. The van der Waals surface area contributed by atoms with E-state index in [2.05, 4.69) is 6.07 Å². The Bertz CT molecular complexity index is 651. The summed E-state index contributed by atoms with van der Waals surface area (Å²) < 4.78 is 0. The maximum Gasteiger partial charge on any atom is 0.223 e. The highest BCUT2D eigenvalue weighted by atomic mass is 35.5. The normalized spacial score (nSPS) is 13.5. The number of carbonyl (C=O) groups is 1. The molecule has 0 bridgehead atoms. The first-order valence-corrected chi connectivity index (χ1v) is 6.70. The third-order valence-corrected chi connectivity index (χ3v) is 3.87. The second-order valence-electron chi connectivity index (χ2n) is 4.74. The Morgan fingerprint density at radius 2 is 2.00 bits per heavy atom. The monoisotopic (exact) mass is 271 g/mol. The summed E-state index contributed by atoms with van der Waals surface area (Å²) >= 11 is 6.22. The molecule has 2 nitrogen and oxygen atoms in total. The van der Waals surface area contributed by atoms with Crippen molar-refractivity contribution in [2.75, 3.05) is 11.4 Å². The second-order valence-corrected chi connectivity index (χ2v) is 5.15. The van der Waals surface area contributed by atoms with Crippen molar-refractivity contribution in [3.05, 3.63) is 53.1 Å². The van der Waals surface area contributed by atoms with Crippen molar-refractivity contribution in [2.45, 2.75) is 13.3 Å². The van der Waals surface area contributed by atoms with Gasteiger partial charge in [0, 0.05) is 29.7 Å². The molecule has 0 unspecified atom stereocenters. The molecule has 96 valence electrons. The highest BCUT2D eigenvalue weighted by Crippen LogP contribution is 2.34. The smallest absolute Gasteiger partial charge is 0.223 e. The molecule has 1 aliphatic heterocycles. The van der Waals surface area contributed by atoms with Crippen molar-refractivity contribution in [2.24, 2.45) is 0 Å². The summed E-state index contributed by atoms with van der Waals surface area (Å²) in [7, 11) is 0. The van der Waals surface area contributed by atoms with Crippen molar-refractivity contribution in [3.63, 3.8) is 0 Å². The molecule has 0 aliphatic carbocycles. The fraction of sp³-hybridized carbons (Fsp3) is 0.188. The van der Waals surface area contributed by atoms with Crippen LogP contribution in [0.15, 0.2) is 42.5 Å². The molecule has 0 atom stereocenters. The van der Waals surface area contributed by atoms with Crippen LogP contribution in [-0.4, -0.2) is 12.5 Å². The van der Waals surface area contributed by atoms with Crippen LogP contribution in [0.1, 0.15) is 12.5 Å². The molecule has 19 heavy (non-hydrogen) atoms. The molecule has 2 aromatic carbocycles. The lowest BCUT2D eigenvalue weighted by Gasteiger charge is -2.15. The van der Waals surface area contributed by atoms with Crippen LogP contribution < -0.4 is 4.90 Å². The standard InChI is InChI=1S/C16H14ClNO/c1-11(19)18-9-8-13-10-12(6-7-16(13)18)14-4-2-3-5-15(14)17/h2-7,10H,8-9H2,1H3. The van der Waals surface area contributed by atoms with Gasteiger partial charge in [0.2, 0.25) is 5.91 Å². The molecule has 1 amide bonds. The average Bonchev–Trinajstić information content (AvgIpc) is 2.82. The fourth-order valence-electron chi connectivity index (χ4n) is 2.59. The lowest BCUT2D eigenvalue weighted by atomic mass is 10.0. The SMILES string of the molecule is CC(=O)N1CCc2cc(-c3ccccc3Cl)ccc21. The molecule has 0 saturated heterocycles. The Morgan fingerprint density at radius 1 is 1.21 bits per heavy atom. The van der Waals surface area contributed by atoms with Gasteiger partial charge in [-0.2, -0.15) is 0 Å². The van der Waals surface area contributed by atoms with E-state index in [1.165, 1.54) is 5.56 Å². The van der Waals surface area contributed by atoms with Gasteiger partial charge in [-0.3, -0.25) is 4.79 Å². The van der Waals surface area contributed by atoms with Crippen LogP contribution >= 0.6 is 11.6 Å². The number of hydrogen-bond acceptors (Lipinski definition) is 1. The van der Waals surface area contributed by atoms with E-state index < -0.39 is 0 Å². The third-order valence-electron chi connectivity index (χ3n) is 3.54. The molecule has 0 spiro atoms. The minimum Gasteiger partial charge on any atom is -0.312 e. The quantitative estimate of drug-likeness (QED) is 0.770. The van der Waals surface area contributed by atoms with Gasteiger partial charge in [-0.25, -0.2) is 0 Å². The molecule has 3 heteroatoms. The lowest BCUT2D eigenvalue weighted by Crippen LogP contribution is -2.25. The molecule has 2 aromatic rings. The summed E-state index contributed by atoms with van der Waals surface area (Å²) in [5.74, 6) is 0.101. The highest BCUT2D eigenvalue weighted by molar-refractivity contribution is 6.33. The Morgan fingerprint density at radius 3 is 2.74 bits per heavy atom. The number of hydrogen-bond donors (Lipinski definition) is 0. The molecule has 0 N–H and O–H groups in total. The molecule has 3 rings (SSSR count). The molecule has 0 radical (unpaired) electrons. The van der Waals surface area contributed by atoms with Gasteiger partial charge in [-0.15, -0.1) is 0 Å². The van der Waals surface area contributed by atoms with Crippen LogP contribution in [0.2, 0.25) is 5.02 Å². The number of anilines is 1. The van der Waals surface area contributed by atoms with Gasteiger partial charge in [-0.1, -0.05) is 35.9 Å². The van der Waals surface area contributed by atoms with Crippen molar-refractivity contribution >= 4 is 23.2 Å². The second kappa shape index (κ2) is 4.71. The van der Waals surface area contributed by atoms with Crippen LogP contribution in [0.5, 0.6) is 0 Å². The maximum absolute atomic E-state index is 11.5. The van der Waals surface area contributed by atoms with Gasteiger partial charge < -0.3 is 4.90 Å². The minimum absolute atomic E-state index is 0.101. The zero-order valence-corrected chi connectivity index (χ0v) is 11.4. The third kappa shape index (κ3) is 2.13. The zero-order valence-electron chi connectivity index (χ0n) is 10.7. The Labute approximate surface area is 117 Å². The first-order valence-electron chi connectivity index (χ1n) is 6.33. The Hall–Kier alpha value is -1.80. The van der Waals surface area contributed by atoms with Gasteiger partial charge >= 0.3 is 0 Å². The van der Waals surface area contributed by atoms with Gasteiger partial charge in [0.25, 0.3) is 0 Å². The summed E-state index contributed by atoms with van der Waals surface area (Å²) in [4.78, 5) is 13.3. The van der Waals surface area contributed by atoms with Crippen molar-refractivity contribution in [1.29, 1.82) is 0 Å². The molecule has 1 heterocycles. The van der Waals surface area contributed by atoms with Crippen LogP contribution in [0.4, 0.5) is 5.69 Å². The molecule has 1 aliphatic rings. The van der Waals surface area contributed by atoms with Crippen LogP contribution in [-0.2, 0) is 11.2 Å². The number of fused-ring (bicyclic) bond motifs is 1. The number of benzene rings is 2. The number of halogens is 1. The summed E-state index contributed by atoms with van der Waals surface area (Å²) in [6, 6.07) is 14.0. The van der Waals surface area contributed by atoms with E-state index in [-0.39, 0.29) is 5.91 Å². The molecule has 0 fully saturated rings. The summed E-state index contributed by atoms with van der Waals surface area (Å²) in [6.07, 6.45) is 0.910. The van der Waals surface area contributed by atoms with Crippen LogP contribution in [0.3, 0.4) is 0 Å². The zero-order chi connectivity index (χ0) is 13.4. The summed E-state index contributed by atoms with van der Waals surface area (Å²) in [6.45, 7) is 2.38. The predicted molar refractivity (Wildman–Crippen MR) is 78.6 cm³/mol. The lowest BCUT2D eigenvalue weighted by molar-refractivity contribution is -0.116. The van der Waals surface area contributed by atoms with Gasteiger partial charge in [-0.05, 0) is 35.7 Å². The van der Waals surface area contributed by atoms with E-state index in [9.17, 15) is 4.79 Å². The van der Waals surface area contributed by atoms with Crippen molar-refractivity contribution in [3.8, 4) is 11.1 Å². The fourth-order valence-corrected chi connectivity index (χ4v) is 2.84. The molecular weight excluding hydrogens is 258 g/mol. The Balaban J connectivity index is 2.05. The van der Waals surface area contributed by atoms with E-state index in [1.807, 2.05) is 41.3 Å². The predicted octanol–water partition coefficient (Wildman–Crippen LogP) is 3.92. The number of carbonyl (C=O) groups excluding carboxylic acids is 1. The summed E-state index contributed by atoms with van der Waals surface area (Å²) in [5.41, 5.74) is 4.39. The molecule has 0 aromatic heterocycles. The molecular formula is C16H14ClNO. The van der Waals surface area contributed by atoms with E-state index in [4.69, 9.17) is 11.6 Å². The van der Waals surface area contributed by atoms with Gasteiger partial charge in [0.15, 0.2) is 0 Å². The van der Waals surface area contributed by atoms with Gasteiger partial charge in [0.1, 0.15) is 0 Å². The Kier molecular flexibility index (Phi) is 3.03. The average molecular weight is 272 g/mol. The van der Waals surface area contributed by atoms with Crippen LogP contribution in [0, 0.1) is 0 Å². The summed E-state index contributed by atoms with van der Waals surface area (Å²) in [5, 5.41) is 0.754.